The van der Waals surface area contributed by atoms with Crippen LogP contribution in [-0.4, -0.2) is 96.3 Å². The van der Waals surface area contributed by atoms with Gasteiger partial charge in [0.1, 0.15) is 18.4 Å². The SMILES string of the molecule is CCC(=C(c1ccccc1)c1ccc(OCCN2CCC(CN3CCCC(Nc4ccc5c(c4)C(=O)N(C4CCC(=O)NC4=O)C5=O)C3)CC2)cc1)c1ccccc1. The van der Waals surface area contributed by atoms with Crippen molar-refractivity contribution < 1.29 is 23.9 Å². The molecular weight excluding hydrogens is 727 g/mol. The van der Waals surface area contributed by atoms with Crippen molar-refractivity contribution in [2.24, 2.45) is 5.92 Å². The number of fused-ring (bicyclic) bond motifs is 1. The number of imide groups is 2. The number of likely N-dealkylation sites (tertiary alicyclic amines) is 2. The van der Waals surface area contributed by atoms with E-state index in [2.05, 4.69) is 112 Å². The molecule has 0 aliphatic carbocycles. The number of amides is 4. The van der Waals surface area contributed by atoms with Crippen LogP contribution in [0.15, 0.2) is 103 Å². The van der Waals surface area contributed by atoms with Gasteiger partial charge in [0.25, 0.3) is 11.8 Å². The molecule has 3 fully saturated rings. The molecule has 0 radical (unpaired) electrons. The van der Waals surface area contributed by atoms with Crippen LogP contribution in [0.3, 0.4) is 0 Å². The van der Waals surface area contributed by atoms with E-state index in [1.807, 2.05) is 6.07 Å². The monoisotopic (exact) mass is 779 g/mol. The Morgan fingerprint density at radius 3 is 2.14 bits per heavy atom. The first kappa shape index (κ1) is 39.3. The fourth-order valence-corrected chi connectivity index (χ4v) is 9.19. The second kappa shape index (κ2) is 17.9. The summed E-state index contributed by atoms with van der Waals surface area (Å²) in [6.07, 6.45) is 5.64. The van der Waals surface area contributed by atoms with E-state index in [4.69, 9.17) is 4.74 Å². The van der Waals surface area contributed by atoms with Gasteiger partial charge in [-0.25, -0.2) is 0 Å². The van der Waals surface area contributed by atoms with Crippen molar-refractivity contribution in [1.29, 1.82) is 0 Å². The Labute approximate surface area is 341 Å². The minimum Gasteiger partial charge on any atom is -0.492 e. The first-order valence-electron chi connectivity index (χ1n) is 21.0. The average Bonchev–Trinajstić information content (AvgIpc) is 3.49. The van der Waals surface area contributed by atoms with Crippen LogP contribution in [-0.2, 0) is 9.59 Å². The summed E-state index contributed by atoms with van der Waals surface area (Å²) >= 11 is 0. The van der Waals surface area contributed by atoms with Crippen LogP contribution in [0.5, 0.6) is 5.75 Å². The number of carbonyl (C=O) groups is 4. The van der Waals surface area contributed by atoms with Gasteiger partial charge in [0.05, 0.1) is 11.1 Å². The summed E-state index contributed by atoms with van der Waals surface area (Å²) < 4.78 is 6.27. The zero-order chi connectivity index (χ0) is 40.0. The number of anilines is 1. The van der Waals surface area contributed by atoms with E-state index >= 15 is 0 Å². The molecule has 10 heteroatoms. The third kappa shape index (κ3) is 8.78. The van der Waals surface area contributed by atoms with E-state index in [-0.39, 0.29) is 24.8 Å². The van der Waals surface area contributed by atoms with Gasteiger partial charge in [-0.3, -0.25) is 34.3 Å². The van der Waals surface area contributed by atoms with Crippen molar-refractivity contribution in [3.05, 3.63) is 131 Å². The van der Waals surface area contributed by atoms with Crippen molar-refractivity contribution in [3.8, 4) is 5.75 Å². The van der Waals surface area contributed by atoms with Crippen LogP contribution in [0.2, 0.25) is 0 Å². The number of carbonyl (C=O) groups excluding carboxylic acids is 4. The molecule has 0 aromatic heterocycles. The lowest BCUT2D eigenvalue weighted by atomic mass is 9.88. The summed E-state index contributed by atoms with van der Waals surface area (Å²) in [5.74, 6) is -0.394. The molecule has 3 saturated heterocycles. The molecular formula is C48H53N5O5. The second-order valence-corrected chi connectivity index (χ2v) is 16.0. The summed E-state index contributed by atoms with van der Waals surface area (Å²) in [5, 5.41) is 5.88. The quantitative estimate of drug-likeness (QED) is 0.109. The number of rotatable bonds is 13. The first-order valence-corrected chi connectivity index (χ1v) is 21.0. The molecule has 0 spiro atoms. The van der Waals surface area contributed by atoms with E-state index in [1.54, 1.807) is 12.1 Å². The molecule has 0 bridgehead atoms. The standard InChI is InChI=1S/C48H53N5O5/c1-2-40(34-10-5-3-6-11-34)45(35-12-7-4-8-13-35)36-15-18-39(19-16-36)58-29-28-51-26-23-33(24-27-51)31-52-25-9-14-38(32-52)49-37-17-20-41-42(30-37)48(57)53(47(41)56)43-21-22-44(54)50-46(43)55/h3-8,10-13,15-20,30,33,38,43,49H,2,9,14,21-29,31-32H2,1H3,(H,50,54,55). The highest BCUT2D eigenvalue weighted by Crippen LogP contribution is 2.35. The number of piperidine rings is 3. The third-order valence-electron chi connectivity index (χ3n) is 12.2. The topological polar surface area (TPSA) is 111 Å². The van der Waals surface area contributed by atoms with Gasteiger partial charge in [-0.1, -0.05) is 79.7 Å². The summed E-state index contributed by atoms with van der Waals surface area (Å²) in [7, 11) is 0. The van der Waals surface area contributed by atoms with E-state index in [0.29, 0.717) is 23.7 Å². The number of nitrogens with one attached hydrogen (secondary N) is 2. The van der Waals surface area contributed by atoms with Crippen molar-refractivity contribution in [2.75, 3.05) is 51.2 Å². The van der Waals surface area contributed by atoms with Gasteiger partial charge in [-0.2, -0.15) is 0 Å². The fraction of sp³-hybridized carbons (Fsp3) is 0.375. The van der Waals surface area contributed by atoms with Gasteiger partial charge in [-0.05, 0) is 122 Å². The number of allylic oxidation sites excluding steroid dienone is 1. The van der Waals surface area contributed by atoms with Gasteiger partial charge in [-0.15, -0.1) is 0 Å². The van der Waals surface area contributed by atoms with Gasteiger partial charge < -0.3 is 15.0 Å². The summed E-state index contributed by atoms with van der Waals surface area (Å²) in [6.45, 7) is 9.03. The van der Waals surface area contributed by atoms with Crippen LogP contribution < -0.4 is 15.4 Å². The molecule has 4 aromatic rings. The zero-order valence-electron chi connectivity index (χ0n) is 33.3. The smallest absolute Gasteiger partial charge is 0.262 e. The van der Waals surface area contributed by atoms with E-state index in [9.17, 15) is 19.2 Å². The Bertz CT molecular complexity index is 2150. The molecule has 2 unspecified atom stereocenters. The predicted molar refractivity (Wildman–Crippen MR) is 226 cm³/mol. The highest BCUT2D eigenvalue weighted by molar-refractivity contribution is 6.23. The van der Waals surface area contributed by atoms with Crippen molar-refractivity contribution >= 4 is 40.5 Å². The average molecular weight is 780 g/mol. The van der Waals surface area contributed by atoms with E-state index in [1.165, 1.54) is 40.7 Å². The van der Waals surface area contributed by atoms with E-state index in [0.717, 1.165) is 74.9 Å². The first-order chi connectivity index (χ1) is 28.3. The highest BCUT2D eigenvalue weighted by atomic mass is 16.5. The van der Waals surface area contributed by atoms with Crippen LogP contribution in [0, 0.1) is 5.92 Å². The minimum absolute atomic E-state index is 0.101. The highest BCUT2D eigenvalue weighted by Gasteiger charge is 2.44. The molecule has 4 amide bonds. The third-order valence-corrected chi connectivity index (χ3v) is 12.2. The normalized spacial score (nSPS) is 21.1. The van der Waals surface area contributed by atoms with E-state index < -0.39 is 23.8 Å². The van der Waals surface area contributed by atoms with Crippen LogP contribution in [0.1, 0.15) is 89.3 Å². The minimum atomic E-state index is -0.964. The fourth-order valence-electron chi connectivity index (χ4n) is 9.19. The number of hydrogen-bond acceptors (Lipinski definition) is 8. The van der Waals surface area contributed by atoms with Crippen LogP contribution in [0.4, 0.5) is 5.69 Å². The van der Waals surface area contributed by atoms with Crippen LogP contribution in [0.25, 0.3) is 11.1 Å². The molecule has 0 saturated carbocycles. The van der Waals surface area contributed by atoms with Gasteiger partial charge >= 0.3 is 0 Å². The lowest BCUT2D eigenvalue weighted by Gasteiger charge is -2.38. The summed E-state index contributed by atoms with van der Waals surface area (Å²) in [5.41, 5.74) is 7.65. The largest absolute Gasteiger partial charge is 0.492 e. The Morgan fingerprint density at radius 1 is 0.741 bits per heavy atom. The Kier molecular flexibility index (Phi) is 12.1. The molecule has 10 nitrogen and oxygen atoms in total. The molecule has 8 rings (SSSR count). The molecule has 2 atom stereocenters. The predicted octanol–water partition coefficient (Wildman–Crippen LogP) is 7.12. The lowest BCUT2D eigenvalue weighted by molar-refractivity contribution is -0.136. The maximum absolute atomic E-state index is 13.3. The lowest BCUT2D eigenvalue weighted by Crippen LogP contribution is -2.54. The molecule has 4 heterocycles. The molecule has 300 valence electrons. The summed E-state index contributed by atoms with van der Waals surface area (Å²) in [6, 6.07) is 34.4. The molecule has 4 aliphatic heterocycles. The molecule has 58 heavy (non-hydrogen) atoms. The van der Waals surface area contributed by atoms with Gasteiger partial charge in [0, 0.05) is 37.8 Å². The second-order valence-electron chi connectivity index (χ2n) is 16.0. The van der Waals surface area contributed by atoms with Gasteiger partial charge in [0.2, 0.25) is 11.8 Å². The van der Waals surface area contributed by atoms with Crippen LogP contribution >= 0.6 is 0 Å². The van der Waals surface area contributed by atoms with Crippen molar-refractivity contribution in [1.82, 2.24) is 20.0 Å². The van der Waals surface area contributed by atoms with Crippen molar-refractivity contribution in [3.63, 3.8) is 0 Å². The number of ether oxygens (including phenoxy) is 1. The number of benzene rings is 4. The Morgan fingerprint density at radius 2 is 1.43 bits per heavy atom. The zero-order valence-corrected chi connectivity index (χ0v) is 33.3. The number of hydrogen-bond donors (Lipinski definition) is 2. The molecule has 4 aromatic carbocycles. The summed E-state index contributed by atoms with van der Waals surface area (Å²) in [4.78, 5) is 56.7. The Balaban J connectivity index is 0.793. The maximum Gasteiger partial charge on any atom is 0.262 e. The molecule has 2 N–H and O–H groups in total. The number of nitrogens with zero attached hydrogens (tertiary/aromatic N) is 3. The Hall–Kier alpha value is -5.58. The van der Waals surface area contributed by atoms with Crippen molar-refractivity contribution in [2.45, 2.75) is 64.0 Å². The molecule has 4 aliphatic rings. The maximum atomic E-state index is 13.3. The van der Waals surface area contributed by atoms with Gasteiger partial charge in [0.15, 0.2) is 0 Å².